The zero-order valence-corrected chi connectivity index (χ0v) is 14.1. The van der Waals surface area contributed by atoms with Gasteiger partial charge in [0.25, 0.3) is 0 Å². The minimum atomic E-state index is -0.173. The van der Waals surface area contributed by atoms with Gasteiger partial charge in [0.05, 0.1) is 12.2 Å². The molecule has 4 aromatic rings. The van der Waals surface area contributed by atoms with E-state index in [1.165, 1.54) is 10.7 Å². The predicted octanol–water partition coefficient (Wildman–Crippen LogP) is 1.78. The van der Waals surface area contributed by atoms with Crippen LogP contribution in [0, 0.1) is 6.92 Å². The van der Waals surface area contributed by atoms with Crippen molar-refractivity contribution in [2.45, 2.75) is 13.5 Å². The summed E-state index contributed by atoms with van der Waals surface area (Å²) in [4.78, 5) is 25.7. The molecule has 0 saturated heterocycles. The molecule has 0 amide bonds. The van der Waals surface area contributed by atoms with Crippen LogP contribution >= 0.6 is 0 Å². The fourth-order valence-corrected chi connectivity index (χ4v) is 2.84. The quantitative estimate of drug-likeness (QED) is 0.583. The van der Waals surface area contributed by atoms with E-state index in [-0.39, 0.29) is 5.69 Å². The average molecular weight is 347 g/mol. The Kier molecular flexibility index (Phi) is 3.85. The van der Waals surface area contributed by atoms with Gasteiger partial charge >= 0.3 is 5.69 Å². The molecule has 0 fully saturated rings. The van der Waals surface area contributed by atoms with Crippen LogP contribution < -0.4 is 16.7 Å². The van der Waals surface area contributed by atoms with Crippen molar-refractivity contribution in [3.05, 3.63) is 76.9 Å². The van der Waals surface area contributed by atoms with E-state index in [9.17, 15) is 4.79 Å². The van der Waals surface area contributed by atoms with Crippen LogP contribution in [0.3, 0.4) is 0 Å². The molecule has 0 saturated carbocycles. The number of rotatable bonds is 4. The van der Waals surface area contributed by atoms with Crippen LogP contribution in [-0.4, -0.2) is 23.9 Å². The number of nitrogen functional groups attached to an aromatic ring is 1. The normalized spacial score (nSPS) is 11.0. The molecular formula is C18H17N7O. The average Bonchev–Trinajstić information content (AvgIpc) is 3.10. The zero-order chi connectivity index (χ0) is 18.1. The number of benzene rings is 1. The Bertz CT molecular complexity index is 1150. The van der Waals surface area contributed by atoms with Crippen LogP contribution in [0.1, 0.15) is 11.4 Å². The van der Waals surface area contributed by atoms with E-state index in [0.29, 0.717) is 29.7 Å². The van der Waals surface area contributed by atoms with Crippen LogP contribution in [0.15, 0.2) is 59.8 Å². The van der Waals surface area contributed by atoms with Crippen LogP contribution in [0.25, 0.3) is 11.3 Å². The molecule has 26 heavy (non-hydrogen) atoms. The van der Waals surface area contributed by atoms with Crippen LogP contribution in [0.2, 0.25) is 0 Å². The Balaban J connectivity index is 1.83. The number of aryl methyl sites for hydroxylation is 1. The van der Waals surface area contributed by atoms with Crippen molar-refractivity contribution in [1.82, 2.24) is 23.9 Å². The summed E-state index contributed by atoms with van der Waals surface area (Å²) in [7, 11) is 0. The summed E-state index contributed by atoms with van der Waals surface area (Å²) >= 11 is 0. The first kappa shape index (κ1) is 15.8. The number of hydrogen-bond donors (Lipinski definition) is 2. The third-order valence-corrected chi connectivity index (χ3v) is 4.10. The Labute approximate surface area is 149 Å². The highest BCUT2D eigenvalue weighted by Gasteiger charge is 2.14. The number of fused-ring (bicyclic) bond motifs is 1. The topological polar surface area (TPSA) is 103 Å². The molecule has 3 aromatic heterocycles. The first-order valence-electron chi connectivity index (χ1n) is 8.10. The van der Waals surface area contributed by atoms with Crippen molar-refractivity contribution in [1.29, 1.82) is 0 Å². The molecule has 4 rings (SSSR count). The number of hydrogen-bond acceptors (Lipinski definition) is 6. The molecule has 0 aliphatic heterocycles. The number of para-hydroxylation sites is 1. The summed E-state index contributed by atoms with van der Waals surface area (Å²) in [6.07, 6.45) is 3.09. The molecule has 0 atom stereocenters. The van der Waals surface area contributed by atoms with Gasteiger partial charge in [-0.2, -0.15) is 0 Å². The van der Waals surface area contributed by atoms with Crippen molar-refractivity contribution in [2.24, 2.45) is 0 Å². The minimum Gasteiger partial charge on any atom is -0.384 e. The SMILES string of the molecule is Cc1ccccc1-n1c(CNc2cc(N)ncn2)nc2cccn2c1=O. The highest BCUT2D eigenvalue weighted by molar-refractivity contribution is 5.46. The van der Waals surface area contributed by atoms with Gasteiger partial charge in [-0.3, -0.25) is 4.40 Å². The Morgan fingerprint density at radius 3 is 2.81 bits per heavy atom. The van der Waals surface area contributed by atoms with Gasteiger partial charge in [0.2, 0.25) is 0 Å². The molecule has 1 aromatic carbocycles. The van der Waals surface area contributed by atoms with E-state index in [1.54, 1.807) is 29.0 Å². The van der Waals surface area contributed by atoms with Gasteiger partial charge in [-0.15, -0.1) is 0 Å². The summed E-state index contributed by atoms with van der Waals surface area (Å²) < 4.78 is 3.14. The molecule has 3 heterocycles. The second-order valence-electron chi connectivity index (χ2n) is 5.85. The number of nitrogens with two attached hydrogens (primary N) is 1. The maximum atomic E-state index is 13.0. The highest BCUT2D eigenvalue weighted by atomic mass is 16.1. The largest absolute Gasteiger partial charge is 0.384 e. The van der Waals surface area contributed by atoms with Crippen LogP contribution in [-0.2, 0) is 6.54 Å². The summed E-state index contributed by atoms with van der Waals surface area (Å²) in [6, 6.07) is 12.9. The van der Waals surface area contributed by atoms with Gasteiger partial charge in [-0.25, -0.2) is 24.3 Å². The third kappa shape index (κ3) is 2.77. The van der Waals surface area contributed by atoms with Gasteiger partial charge in [-0.05, 0) is 30.7 Å². The van der Waals surface area contributed by atoms with Gasteiger partial charge in [0.15, 0.2) is 0 Å². The van der Waals surface area contributed by atoms with Crippen LogP contribution in [0.4, 0.5) is 11.6 Å². The number of anilines is 2. The Hall–Kier alpha value is -3.68. The van der Waals surface area contributed by atoms with Crippen molar-refractivity contribution < 1.29 is 0 Å². The maximum absolute atomic E-state index is 13.0. The molecule has 0 radical (unpaired) electrons. The lowest BCUT2D eigenvalue weighted by atomic mass is 10.2. The smallest absolute Gasteiger partial charge is 0.339 e. The predicted molar refractivity (Wildman–Crippen MR) is 99.3 cm³/mol. The minimum absolute atomic E-state index is 0.173. The molecular weight excluding hydrogens is 330 g/mol. The molecule has 0 aliphatic carbocycles. The summed E-state index contributed by atoms with van der Waals surface area (Å²) in [5.41, 5.74) is 7.88. The second-order valence-corrected chi connectivity index (χ2v) is 5.85. The fraction of sp³-hybridized carbons (Fsp3) is 0.111. The van der Waals surface area contributed by atoms with Crippen molar-refractivity contribution >= 4 is 17.3 Å². The van der Waals surface area contributed by atoms with Crippen molar-refractivity contribution in [2.75, 3.05) is 11.1 Å². The summed E-state index contributed by atoms with van der Waals surface area (Å²) in [6.45, 7) is 2.27. The van der Waals surface area contributed by atoms with E-state index in [0.717, 1.165) is 11.3 Å². The van der Waals surface area contributed by atoms with Crippen LogP contribution in [0.5, 0.6) is 0 Å². The summed E-state index contributed by atoms with van der Waals surface area (Å²) in [5, 5.41) is 3.15. The molecule has 0 spiro atoms. The first-order valence-corrected chi connectivity index (χ1v) is 8.10. The fourth-order valence-electron chi connectivity index (χ4n) is 2.84. The monoisotopic (exact) mass is 347 g/mol. The van der Waals surface area contributed by atoms with Gasteiger partial charge in [0, 0.05) is 12.3 Å². The van der Waals surface area contributed by atoms with E-state index < -0.39 is 0 Å². The lowest BCUT2D eigenvalue weighted by Gasteiger charge is -2.15. The molecule has 0 aliphatic rings. The zero-order valence-electron chi connectivity index (χ0n) is 14.1. The second kappa shape index (κ2) is 6.32. The molecule has 0 unspecified atom stereocenters. The van der Waals surface area contributed by atoms with E-state index in [2.05, 4.69) is 20.3 Å². The Morgan fingerprint density at radius 2 is 2.00 bits per heavy atom. The van der Waals surface area contributed by atoms with E-state index in [1.807, 2.05) is 31.2 Å². The van der Waals surface area contributed by atoms with E-state index in [4.69, 9.17) is 5.73 Å². The molecule has 8 heteroatoms. The van der Waals surface area contributed by atoms with Gasteiger partial charge in [0.1, 0.15) is 29.4 Å². The standard InChI is InChI=1S/C18H17N7O/c1-12-5-2-3-6-13(12)25-17(10-20-15-9-14(19)21-11-22-15)23-16-7-4-8-24(16)18(25)26/h2-9,11H,10H2,1H3,(H3,19,20,21,22). The molecule has 8 nitrogen and oxygen atoms in total. The molecule has 0 bridgehead atoms. The number of aromatic nitrogens is 5. The number of nitrogens with zero attached hydrogens (tertiary/aromatic N) is 5. The van der Waals surface area contributed by atoms with Gasteiger partial charge in [-0.1, -0.05) is 18.2 Å². The first-order chi connectivity index (χ1) is 12.6. The van der Waals surface area contributed by atoms with Crippen molar-refractivity contribution in [3.63, 3.8) is 0 Å². The maximum Gasteiger partial charge on any atom is 0.339 e. The number of nitrogens with one attached hydrogen (secondary N) is 1. The summed E-state index contributed by atoms with van der Waals surface area (Å²) in [5.74, 6) is 1.51. The van der Waals surface area contributed by atoms with Gasteiger partial charge < -0.3 is 11.1 Å². The Morgan fingerprint density at radius 1 is 1.15 bits per heavy atom. The van der Waals surface area contributed by atoms with Crippen molar-refractivity contribution in [3.8, 4) is 5.69 Å². The lowest BCUT2D eigenvalue weighted by Crippen LogP contribution is -2.30. The molecule has 3 N–H and O–H groups in total. The molecule has 130 valence electrons. The third-order valence-electron chi connectivity index (χ3n) is 4.10. The lowest BCUT2D eigenvalue weighted by molar-refractivity contribution is 0.762. The van der Waals surface area contributed by atoms with E-state index >= 15 is 0 Å². The highest BCUT2D eigenvalue weighted by Crippen LogP contribution is 2.15.